The Labute approximate surface area is 102 Å². The number of aromatic nitrogens is 2. The molecule has 1 fully saturated rings. The van der Waals surface area contributed by atoms with Gasteiger partial charge in [0.05, 0.1) is 0 Å². The molecular weight excluding hydrogens is 214 g/mol. The second-order valence-electron chi connectivity index (χ2n) is 4.38. The quantitative estimate of drug-likeness (QED) is 0.736. The van der Waals surface area contributed by atoms with E-state index in [1.165, 1.54) is 0 Å². The van der Waals surface area contributed by atoms with Crippen LogP contribution in [0.4, 0.5) is 11.6 Å². The smallest absolute Gasteiger partial charge is 0.132 e. The Balaban J connectivity index is 2.03. The Morgan fingerprint density at radius 2 is 2.00 bits per heavy atom. The standard InChI is InChI=1S/C12H21N5/c1-3-14-11-8-12(16-9(2)15-11)17-10-4-6-13-7-5-10/h8,10,13H,3-7H2,1-2H3,(H2,14,15,16,17). The van der Waals surface area contributed by atoms with Crippen LogP contribution in [0.1, 0.15) is 25.6 Å². The van der Waals surface area contributed by atoms with Crippen molar-refractivity contribution in [3.8, 4) is 0 Å². The van der Waals surface area contributed by atoms with Gasteiger partial charge in [0, 0.05) is 18.7 Å². The maximum absolute atomic E-state index is 4.43. The summed E-state index contributed by atoms with van der Waals surface area (Å²) >= 11 is 0. The van der Waals surface area contributed by atoms with Gasteiger partial charge in [0.1, 0.15) is 17.5 Å². The Bertz CT molecular complexity index is 360. The third-order valence-corrected chi connectivity index (χ3v) is 2.89. The third kappa shape index (κ3) is 3.56. The normalized spacial score (nSPS) is 16.8. The van der Waals surface area contributed by atoms with Gasteiger partial charge in [-0.25, -0.2) is 9.97 Å². The average molecular weight is 235 g/mol. The number of piperidine rings is 1. The second kappa shape index (κ2) is 5.82. The number of hydrogen-bond donors (Lipinski definition) is 3. The summed E-state index contributed by atoms with van der Waals surface area (Å²) in [6.07, 6.45) is 2.30. The molecule has 0 radical (unpaired) electrons. The molecule has 3 N–H and O–H groups in total. The molecule has 0 unspecified atom stereocenters. The minimum atomic E-state index is 0.528. The van der Waals surface area contributed by atoms with Crippen molar-refractivity contribution in [2.24, 2.45) is 0 Å². The maximum Gasteiger partial charge on any atom is 0.132 e. The molecule has 5 nitrogen and oxygen atoms in total. The van der Waals surface area contributed by atoms with Gasteiger partial charge in [-0.05, 0) is 39.8 Å². The van der Waals surface area contributed by atoms with E-state index in [0.717, 1.165) is 49.9 Å². The van der Waals surface area contributed by atoms with Gasteiger partial charge in [-0.3, -0.25) is 0 Å². The van der Waals surface area contributed by atoms with E-state index in [1.54, 1.807) is 0 Å². The van der Waals surface area contributed by atoms with Crippen LogP contribution in [0.25, 0.3) is 0 Å². The van der Waals surface area contributed by atoms with Crippen molar-refractivity contribution < 1.29 is 0 Å². The number of nitrogens with zero attached hydrogens (tertiary/aromatic N) is 2. The van der Waals surface area contributed by atoms with E-state index in [4.69, 9.17) is 0 Å². The highest BCUT2D eigenvalue weighted by atomic mass is 15.1. The van der Waals surface area contributed by atoms with Crippen LogP contribution in [0, 0.1) is 6.92 Å². The number of anilines is 2. The molecule has 17 heavy (non-hydrogen) atoms. The fourth-order valence-corrected chi connectivity index (χ4v) is 2.09. The van der Waals surface area contributed by atoms with Crippen LogP contribution in [-0.2, 0) is 0 Å². The van der Waals surface area contributed by atoms with Crippen LogP contribution in [0.5, 0.6) is 0 Å². The Kier molecular flexibility index (Phi) is 4.14. The molecule has 0 aliphatic carbocycles. The molecule has 94 valence electrons. The number of hydrogen-bond acceptors (Lipinski definition) is 5. The van der Waals surface area contributed by atoms with Crippen LogP contribution in [0.2, 0.25) is 0 Å². The summed E-state index contributed by atoms with van der Waals surface area (Å²) in [7, 11) is 0. The fraction of sp³-hybridized carbons (Fsp3) is 0.667. The van der Waals surface area contributed by atoms with Crippen LogP contribution in [-0.4, -0.2) is 35.6 Å². The van der Waals surface area contributed by atoms with Crippen LogP contribution in [0.15, 0.2) is 6.07 Å². The monoisotopic (exact) mass is 235 g/mol. The molecule has 0 amide bonds. The summed E-state index contributed by atoms with van der Waals surface area (Å²) in [6.45, 7) is 7.04. The van der Waals surface area contributed by atoms with Crippen LogP contribution in [0.3, 0.4) is 0 Å². The zero-order valence-corrected chi connectivity index (χ0v) is 10.6. The van der Waals surface area contributed by atoms with Gasteiger partial charge in [0.15, 0.2) is 0 Å². The lowest BCUT2D eigenvalue weighted by Crippen LogP contribution is -2.35. The lowest BCUT2D eigenvalue weighted by molar-refractivity contribution is 0.478. The fourth-order valence-electron chi connectivity index (χ4n) is 2.09. The summed E-state index contributed by atoms with van der Waals surface area (Å²) in [5.41, 5.74) is 0. The highest BCUT2D eigenvalue weighted by Gasteiger charge is 2.13. The molecule has 0 spiro atoms. The lowest BCUT2D eigenvalue weighted by Gasteiger charge is -2.24. The average Bonchev–Trinajstić information content (AvgIpc) is 2.30. The van der Waals surface area contributed by atoms with Gasteiger partial charge in [0.2, 0.25) is 0 Å². The van der Waals surface area contributed by atoms with Crippen molar-refractivity contribution in [2.75, 3.05) is 30.3 Å². The molecule has 0 aromatic carbocycles. The predicted molar refractivity (Wildman–Crippen MR) is 70.4 cm³/mol. The summed E-state index contributed by atoms with van der Waals surface area (Å²) in [5, 5.41) is 10.1. The van der Waals surface area contributed by atoms with E-state index < -0.39 is 0 Å². The topological polar surface area (TPSA) is 61.9 Å². The summed E-state index contributed by atoms with van der Waals surface area (Å²) in [6, 6.07) is 2.51. The summed E-state index contributed by atoms with van der Waals surface area (Å²) in [5.74, 6) is 2.64. The molecule has 1 aromatic rings. The first kappa shape index (κ1) is 12.1. The molecule has 0 atom stereocenters. The maximum atomic E-state index is 4.43. The van der Waals surface area contributed by atoms with Gasteiger partial charge in [-0.15, -0.1) is 0 Å². The van der Waals surface area contributed by atoms with Crippen molar-refractivity contribution >= 4 is 11.6 Å². The zero-order chi connectivity index (χ0) is 12.1. The zero-order valence-electron chi connectivity index (χ0n) is 10.6. The third-order valence-electron chi connectivity index (χ3n) is 2.89. The highest BCUT2D eigenvalue weighted by Crippen LogP contribution is 2.14. The molecule has 2 heterocycles. The van der Waals surface area contributed by atoms with E-state index in [0.29, 0.717) is 6.04 Å². The van der Waals surface area contributed by atoms with Crippen LogP contribution < -0.4 is 16.0 Å². The molecular formula is C12H21N5. The van der Waals surface area contributed by atoms with Crippen molar-refractivity contribution in [3.05, 3.63) is 11.9 Å². The molecule has 1 aliphatic heterocycles. The van der Waals surface area contributed by atoms with E-state index in [9.17, 15) is 0 Å². The largest absolute Gasteiger partial charge is 0.370 e. The number of aryl methyl sites for hydroxylation is 1. The van der Waals surface area contributed by atoms with E-state index in [1.807, 2.05) is 13.0 Å². The molecule has 0 bridgehead atoms. The predicted octanol–water partition coefficient (Wildman–Crippen LogP) is 1.38. The SMILES string of the molecule is CCNc1cc(NC2CCNCC2)nc(C)n1. The van der Waals surface area contributed by atoms with Crippen molar-refractivity contribution in [1.29, 1.82) is 0 Å². The van der Waals surface area contributed by atoms with Crippen LogP contribution >= 0.6 is 0 Å². The number of nitrogens with one attached hydrogen (secondary N) is 3. The summed E-state index contributed by atoms with van der Waals surface area (Å²) < 4.78 is 0. The lowest BCUT2D eigenvalue weighted by atomic mass is 10.1. The Morgan fingerprint density at radius 3 is 2.71 bits per heavy atom. The van der Waals surface area contributed by atoms with Gasteiger partial charge >= 0.3 is 0 Å². The van der Waals surface area contributed by atoms with Gasteiger partial charge < -0.3 is 16.0 Å². The van der Waals surface area contributed by atoms with E-state index >= 15 is 0 Å². The van der Waals surface area contributed by atoms with Gasteiger partial charge in [-0.1, -0.05) is 0 Å². The Morgan fingerprint density at radius 1 is 1.29 bits per heavy atom. The molecule has 0 saturated carbocycles. The molecule has 1 aliphatic rings. The number of rotatable bonds is 4. The molecule has 1 aromatic heterocycles. The highest BCUT2D eigenvalue weighted by molar-refractivity contribution is 5.48. The first-order valence-corrected chi connectivity index (χ1v) is 6.34. The second-order valence-corrected chi connectivity index (χ2v) is 4.38. The van der Waals surface area contributed by atoms with Crippen molar-refractivity contribution in [2.45, 2.75) is 32.7 Å². The minimum Gasteiger partial charge on any atom is -0.370 e. The first-order chi connectivity index (χ1) is 8.28. The minimum absolute atomic E-state index is 0.528. The molecule has 1 saturated heterocycles. The summed E-state index contributed by atoms with van der Waals surface area (Å²) in [4.78, 5) is 8.77. The Hall–Kier alpha value is -1.36. The molecule has 2 rings (SSSR count). The van der Waals surface area contributed by atoms with E-state index in [-0.39, 0.29) is 0 Å². The van der Waals surface area contributed by atoms with Crippen molar-refractivity contribution in [3.63, 3.8) is 0 Å². The van der Waals surface area contributed by atoms with Crippen molar-refractivity contribution in [1.82, 2.24) is 15.3 Å². The molecule has 5 heteroatoms. The van der Waals surface area contributed by atoms with Gasteiger partial charge in [0.25, 0.3) is 0 Å². The van der Waals surface area contributed by atoms with E-state index in [2.05, 4.69) is 32.8 Å². The van der Waals surface area contributed by atoms with Gasteiger partial charge in [-0.2, -0.15) is 0 Å². The first-order valence-electron chi connectivity index (χ1n) is 6.34.